The molecule has 1 aliphatic heterocycles. The Morgan fingerprint density at radius 2 is 2.04 bits per heavy atom. The number of hydrogen-bond acceptors (Lipinski definition) is 3. The minimum Gasteiger partial charge on any atom is -0.344 e. The van der Waals surface area contributed by atoms with Crippen LogP contribution in [0.3, 0.4) is 0 Å². The van der Waals surface area contributed by atoms with Crippen LogP contribution in [0.25, 0.3) is 0 Å². The molecule has 132 valence electrons. The van der Waals surface area contributed by atoms with Crippen molar-refractivity contribution in [3.8, 4) is 12.3 Å². The largest absolute Gasteiger partial charge is 0.344 e. The fraction of sp³-hybridized carbons (Fsp3) is 0.722. The fourth-order valence-electron chi connectivity index (χ4n) is 3.69. The molecule has 0 bridgehead atoms. The first-order valence-electron chi connectivity index (χ1n) is 8.60. The van der Waals surface area contributed by atoms with Gasteiger partial charge in [-0.2, -0.15) is 0 Å². The van der Waals surface area contributed by atoms with Gasteiger partial charge in [-0.05, 0) is 37.0 Å². The summed E-state index contributed by atoms with van der Waals surface area (Å²) in [5.41, 5.74) is -0.591. The summed E-state index contributed by atoms with van der Waals surface area (Å²) in [5, 5.41) is 5.31. The number of nitrogens with zero attached hydrogens (tertiary/aromatic N) is 1. The molecule has 1 spiro atoms. The first-order valence-corrected chi connectivity index (χ1v) is 8.60. The second kappa shape index (κ2) is 6.84. The quantitative estimate of drug-likeness (QED) is 0.593. The molecule has 6 heteroatoms. The van der Waals surface area contributed by atoms with Crippen molar-refractivity contribution in [1.82, 2.24) is 15.5 Å². The summed E-state index contributed by atoms with van der Waals surface area (Å²) in [6, 6.07) is -0.482. The zero-order valence-electron chi connectivity index (χ0n) is 14.8. The van der Waals surface area contributed by atoms with E-state index in [1.807, 2.05) is 0 Å². The van der Waals surface area contributed by atoms with Crippen molar-refractivity contribution >= 4 is 17.8 Å². The Labute approximate surface area is 143 Å². The lowest BCUT2D eigenvalue weighted by molar-refractivity contribution is -0.136. The molecular formula is C18H27N3O3. The number of carbonyl (C=O) groups is 3. The molecule has 1 heterocycles. The summed E-state index contributed by atoms with van der Waals surface area (Å²) in [6.45, 7) is 6.50. The van der Waals surface area contributed by atoms with E-state index in [1.165, 1.54) is 0 Å². The highest BCUT2D eigenvalue weighted by atomic mass is 16.2. The van der Waals surface area contributed by atoms with Crippen LogP contribution in [0.15, 0.2) is 0 Å². The van der Waals surface area contributed by atoms with E-state index in [0.29, 0.717) is 18.8 Å². The van der Waals surface area contributed by atoms with Crippen LogP contribution >= 0.6 is 0 Å². The molecule has 1 saturated carbocycles. The molecule has 0 unspecified atom stereocenters. The van der Waals surface area contributed by atoms with Gasteiger partial charge in [0, 0.05) is 0 Å². The Morgan fingerprint density at radius 1 is 1.42 bits per heavy atom. The van der Waals surface area contributed by atoms with Crippen molar-refractivity contribution in [2.24, 2.45) is 11.3 Å². The van der Waals surface area contributed by atoms with Crippen molar-refractivity contribution in [2.75, 3.05) is 13.1 Å². The maximum Gasteiger partial charge on any atom is 0.325 e. The first kappa shape index (κ1) is 18.3. The SMILES string of the molecule is C#CCNC(=O)CN1C(=O)NC2(CCC(C(C)(C)CC)CC2)C1=O. The van der Waals surface area contributed by atoms with E-state index in [-0.39, 0.29) is 24.4 Å². The predicted molar refractivity (Wildman–Crippen MR) is 90.8 cm³/mol. The van der Waals surface area contributed by atoms with Gasteiger partial charge in [0.25, 0.3) is 5.91 Å². The Morgan fingerprint density at radius 3 is 2.58 bits per heavy atom. The number of hydrogen-bond donors (Lipinski definition) is 2. The van der Waals surface area contributed by atoms with E-state index in [0.717, 1.165) is 24.2 Å². The topological polar surface area (TPSA) is 78.5 Å². The van der Waals surface area contributed by atoms with Crippen LogP contribution in [0.1, 0.15) is 52.9 Å². The number of carbonyl (C=O) groups excluding carboxylic acids is 3. The van der Waals surface area contributed by atoms with Gasteiger partial charge in [0.2, 0.25) is 5.91 Å². The van der Waals surface area contributed by atoms with E-state index < -0.39 is 17.5 Å². The number of terminal acetylenes is 1. The molecule has 0 radical (unpaired) electrons. The van der Waals surface area contributed by atoms with Crippen LogP contribution in [0, 0.1) is 23.7 Å². The Hall–Kier alpha value is -2.03. The number of amides is 4. The highest BCUT2D eigenvalue weighted by molar-refractivity contribution is 6.09. The van der Waals surface area contributed by atoms with Crippen molar-refractivity contribution in [1.29, 1.82) is 0 Å². The van der Waals surface area contributed by atoms with Gasteiger partial charge in [0.05, 0.1) is 6.54 Å². The molecule has 0 atom stereocenters. The van der Waals surface area contributed by atoms with Gasteiger partial charge in [0.1, 0.15) is 12.1 Å². The minimum absolute atomic E-state index is 0.0847. The predicted octanol–water partition coefficient (Wildman–Crippen LogP) is 1.65. The number of rotatable bonds is 5. The van der Waals surface area contributed by atoms with E-state index in [2.05, 4.69) is 37.3 Å². The number of urea groups is 1. The summed E-state index contributed by atoms with van der Waals surface area (Å²) in [7, 11) is 0. The summed E-state index contributed by atoms with van der Waals surface area (Å²) >= 11 is 0. The summed E-state index contributed by atoms with van der Waals surface area (Å²) in [4.78, 5) is 37.7. The molecule has 24 heavy (non-hydrogen) atoms. The van der Waals surface area contributed by atoms with Gasteiger partial charge >= 0.3 is 6.03 Å². The van der Waals surface area contributed by atoms with Crippen LogP contribution < -0.4 is 10.6 Å². The normalized spacial score (nSPS) is 27.1. The monoisotopic (exact) mass is 333 g/mol. The number of nitrogens with one attached hydrogen (secondary N) is 2. The van der Waals surface area contributed by atoms with Gasteiger partial charge in [-0.15, -0.1) is 6.42 Å². The molecule has 0 aromatic rings. The van der Waals surface area contributed by atoms with E-state index in [9.17, 15) is 14.4 Å². The van der Waals surface area contributed by atoms with Gasteiger partial charge in [0.15, 0.2) is 0 Å². The molecule has 2 rings (SSSR count). The molecule has 0 aromatic carbocycles. The Kier molecular flexibility index (Phi) is 5.22. The molecular weight excluding hydrogens is 306 g/mol. The molecule has 2 fully saturated rings. The van der Waals surface area contributed by atoms with Crippen molar-refractivity contribution in [2.45, 2.75) is 58.4 Å². The van der Waals surface area contributed by atoms with Crippen LogP contribution in [-0.4, -0.2) is 41.4 Å². The highest BCUT2D eigenvalue weighted by Crippen LogP contribution is 2.45. The Balaban J connectivity index is 2.02. The lowest BCUT2D eigenvalue weighted by Gasteiger charge is -2.42. The zero-order valence-corrected chi connectivity index (χ0v) is 14.8. The standard InChI is InChI=1S/C18H27N3O3/c1-5-11-19-14(22)12-21-15(23)18(20-16(21)24)9-7-13(8-10-18)17(3,4)6-2/h1,13H,6-12H2,2-4H3,(H,19,22)(H,20,24). The third-order valence-corrected chi connectivity index (χ3v) is 5.79. The molecule has 2 aliphatic rings. The van der Waals surface area contributed by atoms with Crippen molar-refractivity contribution in [3.63, 3.8) is 0 Å². The van der Waals surface area contributed by atoms with Crippen molar-refractivity contribution < 1.29 is 14.4 Å². The second-order valence-electron chi connectivity index (χ2n) is 7.50. The smallest absolute Gasteiger partial charge is 0.325 e. The van der Waals surface area contributed by atoms with Crippen LogP contribution in [0.2, 0.25) is 0 Å². The van der Waals surface area contributed by atoms with E-state index >= 15 is 0 Å². The number of imide groups is 1. The van der Waals surface area contributed by atoms with Gasteiger partial charge in [-0.3, -0.25) is 14.5 Å². The summed E-state index contributed by atoms with van der Waals surface area (Å²) in [6.07, 6.45) is 9.26. The zero-order chi connectivity index (χ0) is 18.0. The summed E-state index contributed by atoms with van der Waals surface area (Å²) in [5.74, 6) is 2.14. The van der Waals surface area contributed by atoms with Gasteiger partial charge < -0.3 is 10.6 Å². The average Bonchev–Trinajstić information content (AvgIpc) is 2.77. The molecule has 2 N–H and O–H groups in total. The molecule has 1 aliphatic carbocycles. The van der Waals surface area contributed by atoms with E-state index in [4.69, 9.17) is 6.42 Å². The maximum absolute atomic E-state index is 12.8. The van der Waals surface area contributed by atoms with Gasteiger partial charge in [-0.25, -0.2) is 4.79 Å². The molecule has 1 saturated heterocycles. The maximum atomic E-state index is 12.8. The third kappa shape index (κ3) is 3.40. The molecule has 4 amide bonds. The first-order chi connectivity index (χ1) is 11.3. The average molecular weight is 333 g/mol. The van der Waals surface area contributed by atoms with Crippen LogP contribution in [0.4, 0.5) is 4.79 Å². The highest BCUT2D eigenvalue weighted by Gasteiger charge is 2.53. The van der Waals surface area contributed by atoms with Crippen molar-refractivity contribution in [3.05, 3.63) is 0 Å². The second-order valence-corrected chi connectivity index (χ2v) is 7.50. The fourth-order valence-corrected chi connectivity index (χ4v) is 3.69. The molecule has 0 aromatic heterocycles. The molecule has 6 nitrogen and oxygen atoms in total. The van der Waals surface area contributed by atoms with Crippen LogP contribution in [0.5, 0.6) is 0 Å². The third-order valence-electron chi connectivity index (χ3n) is 5.79. The lowest BCUT2D eigenvalue weighted by atomic mass is 9.65. The Bertz CT molecular complexity index is 569. The summed E-state index contributed by atoms with van der Waals surface area (Å²) < 4.78 is 0. The van der Waals surface area contributed by atoms with E-state index in [1.54, 1.807) is 0 Å². The van der Waals surface area contributed by atoms with Crippen LogP contribution in [-0.2, 0) is 9.59 Å². The van der Waals surface area contributed by atoms with Gasteiger partial charge in [-0.1, -0.05) is 33.1 Å². The minimum atomic E-state index is -0.830. The lowest BCUT2D eigenvalue weighted by Crippen LogP contribution is -2.51.